The number of guanidine groups is 1. The third-order valence-electron chi connectivity index (χ3n) is 2.83. The predicted octanol–water partition coefficient (Wildman–Crippen LogP) is 0.633. The van der Waals surface area contributed by atoms with Crippen LogP contribution < -0.4 is 16.2 Å². The van der Waals surface area contributed by atoms with E-state index >= 15 is 0 Å². The van der Waals surface area contributed by atoms with Crippen LogP contribution in [0.25, 0.3) is 6.08 Å². The van der Waals surface area contributed by atoms with Gasteiger partial charge in [0.2, 0.25) is 0 Å². The Hall–Kier alpha value is -2.83. The number of nitrogens with two attached hydrogens (primary N) is 2. The molecule has 0 unspecified atom stereocenters. The average molecular weight is 288 g/mol. The molecule has 0 atom stereocenters. The van der Waals surface area contributed by atoms with Crippen molar-refractivity contribution in [1.29, 1.82) is 0 Å². The molecular weight excluding hydrogens is 272 g/mol. The van der Waals surface area contributed by atoms with Crippen LogP contribution in [0.4, 0.5) is 0 Å². The van der Waals surface area contributed by atoms with Crippen LogP contribution in [0, 0.1) is 0 Å². The molecule has 1 aromatic rings. The second-order valence-electron chi connectivity index (χ2n) is 4.29. The Balaban J connectivity index is 2.40. The van der Waals surface area contributed by atoms with E-state index in [0.717, 1.165) is 11.1 Å². The number of fused-ring (bicyclic) bond motifs is 1. The zero-order chi connectivity index (χ0) is 15.2. The lowest BCUT2D eigenvalue weighted by molar-refractivity contribution is -0.114. The third kappa shape index (κ3) is 3.59. The minimum Gasteiger partial charge on any atom is -0.492 e. The predicted molar refractivity (Wildman–Crippen MR) is 80.0 cm³/mol. The second-order valence-corrected chi connectivity index (χ2v) is 4.29. The molecule has 21 heavy (non-hydrogen) atoms. The summed E-state index contributed by atoms with van der Waals surface area (Å²) >= 11 is 0. The van der Waals surface area contributed by atoms with Crippen LogP contribution in [0.1, 0.15) is 17.5 Å². The number of hydrogen-bond donors (Lipinski definition) is 2. The fourth-order valence-electron chi connectivity index (χ4n) is 1.95. The zero-order valence-corrected chi connectivity index (χ0v) is 11.6. The van der Waals surface area contributed by atoms with Gasteiger partial charge in [-0.2, -0.15) is 4.99 Å². The summed E-state index contributed by atoms with van der Waals surface area (Å²) in [4.78, 5) is 20.1. The van der Waals surface area contributed by atoms with Crippen molar-refractivity contribution in [3.63, 3.8) is 0 Å². The summed E-state index contributed by atoms with van der Waals surface area (Å²) in [5, 5.41) is 3.73. The van der Waals surface area contributed by atoms with Crippen molar-refractivity contribution in [3.8, 4) is 5.75 Å². The van der Waals surface area contributed by atoms with Crippen molar-refractivity contribution in [2.24, 2.45) is 21.6 Å². The number of rotatable bonds is 3. The summed E-state index contributed by atoms with van der Waals surface area (Å²) in [5.41, 5.74) is 12.5. The van der Waals surface area contributed by atoms with Gasteiger partial charge in [0.05, 0.1) is 12.8 Å². The third-order valence-corrected chi connectivity index (χ3v) is 2.83. The summed E-state index contributed by atoms with van der Waals surface area (Å²) in [6.07, 6.45) is 3.70. The van der Waals surface area contributed by atoms with E-state index < -0.39 is 5.91 Å². The van der Waals surface area contributed by atoms with Gasteiger partial charge in [-0.15, -0.1) is 0 Å². The molecule has 110 valence electrons. The van der Waals surface area contributed by atoms with Crippen LogP contribution in [0.5, 0.6) is 5.75 Å². The fraction of sp³-hybridized carbons (Fsp3) is 0.214. The molecular formula is C14H16N4O3. The molecule has 1 aromatic carbocycles. The van der Waals surface area contributed by atoms with Crippen LogP contribution in [0.15, 0.2) is 33.9 Å². The Morgan fingerprint density at radius 2 is 2.24 bits per heavy atom. The molecule has 1 aliphatic rings. The van der Waals surface area contributed by atoms with Gasteiger partial charge in [-0.25, -0.2) is 0 Å². The molecule has 7 heteroatoms. The van der Waals surface area contributed by atoms with Crippen LogP contribution in [-0.2, 0) is 9.63 Å². The van der Waals surface area contributed by atoms with Gasteiger partial charge in [0.15, 0.2) is 5.96 Å². The molecule has 2 rings (SSSR count). The highest BCUT2D eigenvalue weighted by molar-refractivity contribution is 6.04. The Morgan fingerprint density at radius 3 is 2.95 bits per heavy atom. The van der Waals surface area contributed by atoms with E-state index in [-0.39, 0.29) is 5.96 Å². The van der Waals surface area contributed by atoms with E-state index in [4.69, 9.17) is 16.2 Å². The number of aliphatic imine (C=N–C) groups is 1. The number of carbonyl (C=O) groups excluding carboxylic acids is 1. The highest BCUT2D eigenvalue weighted by Crippen LogP contribution is 2.29. The standard InChI is InChI=1S/C14H16N4O3/c1-20-17-8-11-4-2-3-9-7-10(5-6-21-12(9)11)13(19)18-14(15)16/h2-4,7-8H,5-6H2,1H3,(H4,15,16,18,19). The SMILES string of the molecule is CON=Cc1cccc2c1OCCC(C(=O)N=C(N)N)=C2. The highest BCUT2D eigenvalue weighted by Gasteiger charge is 2.17. The number of benzene rings is 1. The van der Waals surface area contributed by atoms with E-state index in [1.54, 1.807) is 12.3 Å². The van der Waals surface area contributed by atoms with Crippen LogP contribution in [0.3, 0.4) is 0 Å². The van der Waals surface area contributed by atoms with Crippen LogP contribution in [-0.4, -0.2) is 31.8 Å². The van der Waals surface area contributed by atoms with E-state index in [1.807, 2.05) is 18.2 Å². The molecule has 1 amide bonds. The number of amides is 1. The zero-order valence-electron chi connectivity index (χ0n) is 11.6. The maximum Gasteiger partial charge on any atom is 0.276 e. The average Bonchev–Trinajstić information content (AvgIpc) is 2.66. The van der Waals surface area contributed by atoms with Gasteiger partial charge in [0, 0.05) is 23.1 Å². The van der Waals surface area contributed by atoms with Crippen molar-refractivity contribution in [2.45, 2.75) is 6.42 Å². The summed E-state index contributed by atoms with van der Waals surface area (Å²) in [7, 11) is 1.46. The molecule has 0 saturated heterocycles. The first kappa shape index (κ1) is 14.6. The van der Waals surface area contributed by atoms with Crippen molar-refractivity contribution in [1.82, 2.24) is 0 Å². The molecule has 1 heterocycles. The van der Waals surface area contributed by atoms with Gasteiger partial charge >= 0.3 is 0 Å². The number of oxime groups is 1. The minimum absolute atomic E-state index is 0.257. The molecule has 0 spiro atoms. The first-order valence-corrected chi connectivity index (χ1v) is 6.28. The molecule has 0 radical (unpaired) electrons. The van der Waals surface area contributed by atoms with Crippen LogP contribution in [0.2, 0.25) is 0 Å². The molecule has 1 aliphatic heterocycles. The number of nitrogens with zero attached hydrogens (tertiary/aromatic N) is 2. The number of carbonyl (C=O) groups is 1. The maximum absolute atomic E-state index is 11.9. The monoisotopic (exact) mass is 288 g/mol. The quantitative estimate of drug-likeness (QED) is 0.481. The summed E-state index contributed by atoms with van der Waals surface area (Å²) in [6.45, 7) is 0.350. The molecule has 0 saturated carbocycles. The van der Waals surface area contributed by atoms with E-state index in [0.29, 0.717) is 24.4 Å². The van der Waals surface area contributed by atoms with Crippen molar-refractivity contribution in [2.75, 3.05) is 13.7 Å². The lowest BCUT2D eigenvalue weighted by atomic mass is 10.1. The lowest BCUT2D eigenvalue weighted by Crippen LogP contribution is -2.24. The van der Waals surface area contributed by atoms with Crippen molar-refractivity contribution < 1.29 is 14.4 Å². The second kappa shape index (κ2) is 6.56. The Labute approximate surface area is 121 Å². The molecule has 0 bridgehead atoms. The fourth-order valence-corrected chi connectivity index (χ4v) is 1.95. The van der Waals surface area contributed by atoms with Crippen molar-refractivity contribution >= 4 is 24.2 Å². The molecule has 0 aromatic heterocycles. The minimum atomic E-state index is -0.456. The first-order chi connectivity index (χ1) is 10.1. The van der Waals surface area contributed by atoms with E-state index in [1.165, 1.54) is 7.11 Å². The van der Waals surface area contributed by atoms with Gasteiger partial charge in [0.25, 0.3) is 5.91 Å². The Kier molecular flexibility index (Phi) is 4.55. The molecule has 4 N–H and O–H groups in total. The number of hydrogen-bond acceptors (Lipinski definition) is 4. The molecule has 0 aliphatic carbocycles. The van der Waals surface area contributed by atoms with Crippen molar-refractivity contribution in [3.05, 3.63) is 34.9 Å². The summed E-state index contributed by atoms with van der Waals surface area (Å²) < 4.78 is 5.70. The van der Waals surface area contributed by atoms with Gasteiger partial charge in [0.1, 0.15) is 12.9 Å². The smallest absolute Gasteiger partial charge is 0.276 e. The maximum atomic E-state index is 11.9. The van der Waals surface area contributed by atoms with Gasteiger partial charge in [-0.3, -0.25) is 4.79 Å². The number of ether oxygens (including phenoxy) is 1. The number of para-hydroxylation sites is 1. The van der Waals surface area contributed by atoms with Gasteiger partial charge < -0.3 is 21.0 Å². The van der Waals surface area contributed by atoms with Gasteiger partial charge in [-0.1, -0.05) is 17.3 Å². The molecule has 7 nitrogen and oxygen atoms in total. The normalized spacial score (nSPS) is 13.7. The largest absolute Gasteiger partial charge is 0.492 e. The Morgan fingerprint density at radius 1 is 1.43 bits per heavy atom. The molecule has 0 fully saturated rings. The summed E-state index contributed by atoms with van der Waals surface area (Å²) in [5.74, 6) is -0.0690. The highest BCUT2D eigenvalue weighted by atomic mass is 16.6. The Bertz CT molecular complexity index is 631. The topological polar surface area (TPSA) is 112 Å². The first-order valence-electron chi connectivity index (χ1n) is 6.28. The lowest BCUT2D eigenvalue weighted by Gasteiger charge is -2.08. The van der Waals surface area contributed by atoms with E-state index in [9.17, 15) is 4.79 Å². The van der Waals surface area contributed by atoms with E-state index in [2.05, 4.69) is 15.0 Å². The summed E-state index contributed by atoms with van der Waals surface area (Å²) in [6, 6.07) is 5.52. The van der Waals surface area contributed by atoms with Gasteiger partial charge in [-0.05, 0) is 12.1 Å². The van der Waals surface area contributed by atoms with Crippen LogP contribution >= 0.6 is 0 Å².